The highest BCUT2D eigenvalue weighted by molar-refractivity contribution is 14.0. The van der Waals surface area contributed by atoms with Gasteiger partial charge in [0.2, 0.25) is 17.6 Å². The van der Waals surface area contributed by atoms with Crippen molar-refractivity contribution in [1.29, 1.82) is 0 Å². The molecule has 0 spiro atoms. The molecule has 3 aromatic rings. The summed E-state index contributed by atoms with van der Waals surface area (Å²) in [5.41, 5.74) is 1.57. The molecule has 1 fully saturated rings. The number of aromatic nitrogens is 4. The third-order valence-corrected chi connectivity index (χ3v) is 5.01. The van der Waals surface area contributed by atoms with E-state index in [-0.39, 0.29) is 43.0 Å². The third-order valence-electron chi connectivity index (χ3n) is 4.77. The molecule has 12 heteroatoms. The summed E-state index contributed by atoms with van der Waals surface area (Å²) in [6, 6.07) is 7.25. The predicted molar refractivity (Wildman–Crippen MR) is 132 cm³/mol. The van der Waals surface area contributed by atoms with E-state index in [2.05, 4.69) is 25.5 Å². The molecule has 1 aliphatic rings. The molecule has 1 saturated heterocycles. The first-order valence-electron chi connectivity index (χ1n) is 9.94. The Bertz CT molecular complexity index is 1100. The van der Waals surface area contributed by atoms with Crippen molar-refractivity contribution >= 4 is 53.1 Å². The SMILES string of the molecule is CCNC(=NCc1nc(-c2cccc(Cl)c2)no1)N1CCN(c2cnn(C)c2)C(=O)C1.I. The molecule has 1 aromatic carbocycles. The van der Waals surface area contributed by atoms with Crippen LogP contribution in [0.25, 0.3) is 11.4 Å². The average Bonchev–Trinajstić information content (AvgIpc) is 3.40. The van der Waals surface area contributed by atoms with E-state index in [0.717, 1.165) is 11.3 Å². The summed E-state index contributed by atoms with van der Waals surface area (Å²) in [7, 11) is 1.83. The minimum atomic E-state index is -0.00844. The second kappa shape index (κ2) is 10.8. The summed E-state index contributed by atoms with van der Waals surface area (Å²) in [4.78, 5) is 25.3. The number of hydrogen-bond acceptors (Lipinski definition) is 6. The minimum absolute atomic E-state index is 0. The monoisotopic (exact) mass is 570 g/mol. The molecule has 10 nitrogen and oxygen atoms in total. The molecule has 170 valence electrons. The zero-order valence-electron chi connectivity index (χ0n) is 17.7. The fourth-order valence-electron chi connectivity index (χ4n) is 3.31. The minimum Gasteiger partial charge on any atom is -0.356 e. The molecule has 2 aromatic heterocycles. The molecule has 1 amide bonds. The van der Waals surface area contributed by atoms with Crippen LogP contribution in [0.3, 0.4) is 0 Å². The van der Waals surface area contributed by atoms with E-state index in [1.807, 2.05) is 37.2 Å². The summed E-state index contributed by atoms with van der Waals surface area (Å²) < 4.78 is 7.01. The van der Waals surface area contributed by atoms with Gasteiger partial charge in [-0.2, -0.15) is 10.1 Å². The number of hydrogen-bond donors (Lipinski definition) is 1. The molecule has 0 unspecified atom stereocenters. The van der Waals surface area contributed by atoms with Crippen LogP contribution in [-0.4, -0.2) is 62.9 Å². The maximum atomic E-state index is 12.7. The highest BCUT2D eigenvalue weighted by Crippen LogP contribution is 2.20. The summed E-state index contributed by atoms with van der Waals surface area (Å²) in [5, 5.41) is 12.0. The Balaban J connectivity index is 0.00000289. The van der Waals surface area contributed by atoms with Crippen LogP contribution in [0.1, 0.15) is 12.8 Å². The predicted octanol–water partition coefficient (Wildman–Crippen LogP) is 2.56. The maximum absolute atomic E-state index is 12.7. The van der Waals surface area contributed by atoms with Crippen LogP contribution in [-0.2, 0) is 18.4 Å². The van der Waals surface area contributed by atoms with Crippen LogP contribution in [0.4, 0.5) is 5.69 Å². The lowest BCUT2D eigenvalue weighted by Gasteiger charge is -2.35. The van der Waals surface area contributed by atoms with Gasteiger partial charge < -0.3 is 19.6 Å². The first kappa shape index (κ1) is 24.0. The molecule has 0 aliphatic carbocycles. The Morgan fingerprint density at radius 1 is 1.34 bits per heavy atom. The van der Waals surface area contributed by atoms with Crippen LogP contribution in [0.2, 0.25) is 5.02 Å². The van der Waals surface area contributed by atoms with Crippen LogP contribution >= 0.6 is 35.6 Å². The van der Waals surface area contributed by atoms with E-state index in [4.69, 9.17) is 16.1 Å². The first-order valence-corrected chi connectivity index (χ1v) is 10.3. The van der Waals surface area contributed by atoms with Crippen LogP contribution in [0.5, 0.6) is 0 Å². The van der Waals surface area contributed by atoms with E-state index in [1.54, 1.807) is 27.9 Å². The van der Waals surface area contributed by atoms with Crippen molar-refractivity contribution in [3.8, 4) is 11.4 Å². The van der Waals surface area contributed by atoms with Crippen molar-refractivity contribution in [2.24, 2.45) is 12.0 Å². The molecular formula is C20H24ClIN8O2. The van der Waals surface area contributed by atoms with Crippen LogP contribution in [0, 0.1) is 0 Å². The number of piperazine rings is 1. The Morgan fingerprint density at radius 3 is 2.88 bits per heavy atom. The van der Waals surface area contributed by atoms with E-state index in [0.29, 0.717) is 42.3 Å². The largest absolute Gasteiger partial charge is 0.356 e. The van der Waals surface area contributed by atoms with E-state index in [1.165, 1.54) is 0 Å². The number of nitrogens with one attached hydrogen (secondary N) is 1. The van der Waals surface area contributed by atoms with E-state index in [9.17, 15) is 4.79 Å². The normalized spacial score (nSPS) is 14.5. The number of carbonyl (C=O) groups is 1. The van der Waals surface area contributed by atoms with Gasteiger partial charge >= 0.3 is 0 Å². The topological polar surface area (TPSA) is 105 Å². The molecule has 0 bridgehead atoms. The smallest absolute Gasteiger partial charge is 0.248 e. The average molecular weight is 571 g/mol. The molecule has 0 atom stereocenters. The van der Waals surface area contributed by atoms with Crippen molar-refractivity contribution in [2.45, 2.75) is 13.5 Å². The number of amides is 1. The lowest BCUT2D eigenvalue weighted by atomic mass is 10.2. The fourth-order valence-corrected chi connectivity index (χ4v) is 3.50. The van der Waals surface area contributed by atoms with Crippen molar-refractivity contribution in [3.05, 3.63) is 47.6 Å². The second-order valence-electron chi connectivity index (χ2n) is 7.03. The summed E-state index contributed by atoms with van der Waals surface area (Å²) in [6.45, 7) is 4.27. The van der Waals surface area contributed by atoms with Gasteiger partial charge in [-0.1, -0.05) is 28.9 Å². The summed E-state index contributed by atoms with van der Waals surface area (Å²) >= 11 is 6.03. The van der Waals surface area contributed by atoms with Gasteiger partial charge in [0.15, 0.2) is 5.96 Å². The molecular weight excluding hydrogens is 547 g/mol. The molecule has 0 saturated carbocycles. The van der Waals surface area contributed by atoms with E-state index >= 15 is 0 Å². The Labute approximate surface area is 207 Å². The zero-order valence-corrected chi connectivity index (χ0v) is 20.8. The van der Waals surface area contributed by atoms with Gasteiger partial charge in [-0.25, -0.2) is 4.99 Å². The number of halogens is 2. The fraction of sp³-hybridized carbons (Fsp3) is 0.350. The number of rotatable bonds is 5. The number of nitrogens with zero attached hydrogens (tertiary/aromatic N) is 7. The molecule has 1 aliphatic heterocycles. The zero-order chi connectivity index (χ0) is 21.8. The van der Waals surface area contributed by atoms with Crippen molar-refractivity contribution in [3.63, 3.8) is 0 Å². The molecule has 4 rings (SSSR count). The summed E-state index contributed by atoms with van der Waals surface area (Å²) in [5.74, 6) is 1.46. The van der Waals surface area contributed by atoms with Gasteiger partial charge in [0.05, 0.1) is 11.9 Å². The van der Waals surface area contributed by atoms with Gasteiger partial charge in [0, 0.05) is 43.5 Å². The molecule has 3 heterocycles. The van der Waals surface area contributed by atoms with Gasteiger partial charge in [-0.05, 0) is 19.1 Å². The maximum Gasteiger partial charge on any atom is 0.248 e. The lowest BCUT2D eigenvalue weighted by Crippen LogP contribution is -2.55. The number of carbonyl (C=O) groups excluding carboxylic acids is 1. The van der Waals surface area contributed by atoms with Crippen LogP contribution in [0.15, 0.2) is 46.2 Å². The molecule has 0 radical (unpaired) electrons. The molecule has 32 heavy (non-hydrogen) atoms. The third kappa shape index (κ3) is 5.57. The number of guanidine groups is 1. The highest BCUT2D eigenvalue weighted by Gasteiger charge is 2.27. The van der Waals surface area contributed by atoms with E-state index < -0.39 is 0 Å². The number of aryl methyl sites for hydroxylation is 1. The van der Waals surface area contributed by atoms with Gasteiger partial charge in [0.1, 0.15) is 13.1 Å². The number of anilines is 1. The summed E-state index contributed by atoms with van der Waals surface area (Å²) in [6.07, 6.45) is 3.53. The second-order valence-corrected chi connectivity index (χ2v) is 7.47. The molecule has 1 N–H and O–H groups in total. The standard InChI is InChI=1S/C20H23ClN8O2.HI/c1-3-22-20(28-7-8-29(18(30)13-28)16-10-24-27(2)12-16)23-11-17-25-19(26-31-17)14-5-4-6-15(21)9-14;/h4-6,9-10,12H,3,7-8,11,13H2,1-2H3,(H,22,23);1H. The number of benzene rings is 1. The Morgan fingerprint density at radius 2 is 2.19 bits per heavy atom. The van der Waals surface area contributed by atoms with Gasteiger partial charge in [0.25, 0.3) is 0 Å². The van der Waals surface area contributed by atoms with Gasteiger partial charge in [-0.3, -0.25) is 9.48 Å². The number of aliphatic imine (C=N–C) groups is 1. The van der Waals surface area contributed by atoms with Crippen molar-refractivity contribution in [1.82, 2.24) is 30.1 Å². The van der Waals surface area contributed by atoms with Crippen molar-refractivity contribution in [2.75, 3.05) is 31.1 Å². The first-order chi connectivity index (χ1) is 15.0. The highest BCUT2D eigenvalue weighted by atomic mass is 127. The quantitative estimate of drug-likeness (QED) is 0.286. The Hall–Kier alpha value is -2.67. The van der Waals surface area contributed by atoms with Crippen LogP contribution < -0.4 is 10.2 Å². The van der Waals surface area contributed by atoms with Crippen molar-refractivity contribution < 1.29 is 9.32 Å². The van der Waals surface area contributed by atoms with Gasteiger partial charge in [-0.15, -0.1) is 24.0 Å². The Kier molecular flexibility index (Phi) is 8.07. The lowest BCUT2D eigenvalue weighted by molar-refractivity contribution is -0.120.